The van der Waals surface area contributed by atoms with Gasteiger partial charge < -0.3 is 54.4 Å². The van der Waals surface area contributed by atoms with E-state index in [0.29, 0.717) is 13.0 Å². The summed E-state index contributed by atoms with van der Waals surface area (Å²) in [6.45, 7) is 0.692. The Morgan fingerprint density at radius 1 is 0.694 bits per heavy atom. The van der Waals surface area contributed by atoms with Crippen molar-refractivity contribution in [3.05, 3.63) is 0 Å². The number of ether oxygens (including phenoxy) is 1. The van der Waals surface area contributed by atoms with E-state index in [1.165, 1.54) is 0 Å². The van der Waals surface area contributed by atoms with Gasteiger partial charge in [-0.3, -0.25) is 13.9 Å². The second kappa shape index (κ2) is 19.6. The third kappa shape index (κ3) is 16.0. The van der Waals surface area contributed by atoms with Crippen LogP contribution in [0.3, 0.4) is 0 Å². The van der Waals surface area contributed by atoms with Crippen LogP contribution >= 0.6 is 15.6 Å². The molecule has 8 atom stereocenters. The molecular formula is C18H35NNa2O13P2. The molecule has 1 aliphatic carbocycles. The molecule has 0 radical (unpaired) electrons. The van der Waals surface area contributed by atoms with Crippen LogP contribution in [0.5, 0.6) is 0 Å². The summed E-state index contributed by atoms with van der Waals surface area (Å²) in [5.74, 6) is -0.874. The maximum Gasteiger partial charge on any atom is 1.00 e. The van der Waals surface area contributed by atoms with Crippen LogP contribution in [0, 0.1) is 0 Å². The van der Waals surface area contributed by atoms with Gasteiger partial charge in [0, 0.05) is 6.42 Å². The minimum absolute atomic E-state index is 0. The van der Waals surface area contributed by atoms with E-state index in [2.05, 4.69) is 9.05 Å². The van der Waals surface area contributed by atoms with E-state index in [1.54, 1.807) is 0 Å². The summed E-state index contributed by atoms with van der Waals surface area (Å²) in [6.07, 6.45) is -4.88. The van der Waals surface area contributed by atoms with Crippen molar-refractivity contribution in [2.45, 2.75) is 101 Å². The fourth-order valence-electron chi connectivity index (χ4n) is 3.72. The number of esters is 1. The van der Waals surface area contributed by atoms with Crippen molar-refractivity contribution < 1.29 is 122 Å². The van der Waals surface area contributed by atoms with E-state index in [-0.39, 0.29) is 65.5 Å². The number of hydrogen-bond acceptors (Lipinski definition) is 12. The number of aliphatic hydroxyl groups excluding tert-OH is 3. The van der Waals surface area contributed by atoms with Crippen LogP contribution in [-0.4, -0.2) is 74.2 Å². The van der Waals surface area contributed by atoms with Crippen LogP contribution in [0.4, 0.5) is 0 Å². The monoisotopic (exact) mass is 581 g/mol. The Hall–Kier alpha value is 1.53. The molecule has 2 unspecified atom stereocenters. The summed E-state index contributed by atoms with van der Waals surface area (Å²) in [5.41, 5.74) is 5.43. The molecule has 0 spiro atoms. The van der Waals surface area contributed by atoms with Crippen LogP contribution in [0.1, 0.15) is 64.2 Å². The molecule has 18 heteroatoms. The maximum atomic E-state index is 12.1. The molecule has 0 amide bonds. The minimum Gasteiger partial charge on any atom is -0.756 e. The van der Waals surface area contributed by atoms with Crippen molar-refractivity contribution in [2.75, 3.05) is 6.54 Å². The van der Waals surface area contributed by atoms with Crippen molar-refractivity contribution in [1.29, 1.82) is 0 Å². The third-order valence-electron chi connectivity index (χ3n) is 5.38. The van der Waals surface area contributed by atoms with Gasteiger partial charge in [0.2, 0.25) is 0 Å². The summed E-state index contributed by atoms with van der Waals surface area (Å²) in [7, 11) is -11.2. The standard InChI is InChI=1S/C18H37NO13P2.2Na/c19-11-9-7-5-3-1-2-4-6-8-10-12(20)30-16-13(21)14(22)17(31-33(24,25)26)18(15(16)23)32-34(27,28)29;;/h13-18,21-23H,1-11,19H2,(H2,24,25,26)(H2,27,28,29);;/q;2*+1/p-2/t13-,14+,15+,16-,17-,18-;;/m1../s1. The summed E-state index contributed by atoms with van der Waals surface area (Å²) in [6, 6.07) is 0. The van der Waals surface area contributed by atoms with Gasteiger partial charge in [-0.05, 0) is 19.4 Å². The molecule has 0 aromatic heterocycles. The molecule has 0 heterocycles. The van der Waals surface area contributed by atoms with Gasteiger partial charge in [0.25, 0.3) is 15.6 Å². The second-order valence-electron chi connectivity index (χ2n) is 8.22. The van der Waals surface area contributed by atoms with Crippen LogP contribution in [0.25, 0.3) is 0 Å². The van der Waals surface area contributed by atoms with Gasteiger partial charge in [-0.1, -0.05) is 44.9 Å². The Kier molecular flexibility index (Phi) is 21.6. The second-order valence-corrected chi connectivity index (χ2v) is 10.5. The number of carbonyl (C=O) groups excluding carboxylic acids is 1. The molecule has 1 fully saturated rings. The Morgan fingerprint density at radius 3 is 1.47 bits per heavy atom. The largest absolute Gasteiger partial charge is 1.00 e. The number of aliphatic hydroxyl groups is 3. The van der Waals surface area contributed by atoms with E-state index in [4.69, 9.17) is 20.3 Å². The first-order valence-corrected chi connectivity index (χ1v) is 14.1. The average Bonchev–Trinajstić information content (AvgIpc) is 2.72. The molecule has 0 aromatic rings. The molecule has 1 saturated carbocycles. The summed E-state index contributed by atoms with van der Waals surface area (Å²) in [4.78, 5) is 52.1. The Balaban J connectivity index is 0. The number of phosphoric acid groups is 2. The first kappa shape index (κ1) is 39.7. The molecule has 36 heavy (non-hydrogen) atoms. The zero-order valence-electron chi connectivity index (χ0n) is 20.7. The Morgan fingerprint density at radius 2 is 1.06 bits per heavy atom. The van der Waals surface area contributed by atoms with E-state index in [9.17, 15) is 39.0 Å². The van der Waals surface area contributed by atoms with Gasteiger partial charge in [-0.2, -0.15) is 0 Å². The number of phosphoric ester groups is 2. The first-order valence-electron chi connectivity index (χ1n) is 11.1. The van der Waals surface area contributed by atoms with E-state index in [0.717, 1.165) is 51.4 Å². The van der Waals surface area contributed by atoms with Gasteiger partial charge in [0.05, 0.1) is 0 Å². The fraction of sp³-hybridized carbons (Fsp3) is 0.944. The van der Waals surface area contributed by atoms with E-state index in [1.807, 2.05) is 0 Å². The van der Waals surface area contributed by atoms with Gasteiger partial charge in [0.1, 0.15) is 30.5 Å². The number of rotatable bonds is 16. The van der Waals surface area contributed by atoms with Crippen molar-refractivity contribution in [3.63, 3.8) is 0 Å². The molecular weight excluding hydrogens is 546 g/mol. The zero-order valence-corrected chi connectivity index (χ0v) is 26.5. The van der Waals surface area contributed by atoms with Crippen LogP contribution < -0.4 is 74.6 Å². The average molecular weight is 581 g/mol. The van der Waals surface area contributed by atoms with Gasteiger partial charge in [-0.15, -0.1) is 0 Å². The quantitative estimate of drug-likeness (QED) is 0.0429. The third-order valence-corrected chi connectivity index (χ3v) is 6.40. The molecule has 0 saturated heterocycles. The van der Waals surface area contributed by atoms with Gasteiger partial charge in [0.15, 0.2) is 6.10 Å². The number of unbranched alkanes of at least 4 members (excludes halogenated alkanes) is 8. The summed E-state index contributed by atoms with van der Waals surface area (Å²) < 4.78 is 35.4. The van der Waals surface area contributed by atoms with Crippen molar-refractivity contribution in [1.82, 2.24) is 0 Å². The predicted molar refractivity (Wildman–Crippen MR) is 113 cm³/mol. The van der Waals surface area contributed by atoms with Crippen LogP contribution in [-0.2, 0) is 27.7 Å². The zero-order chi connectivity index (χ0) is 25.9. The molecule has 14 nitrogen and oxygen atoms in total. The molecule has 202 valence electrons. The summed E-state index contributed by atoms with van der Waals surface area (Å²) >= 11 is 0. The Labute approximate surface area is 254 Å². The maximum absolute atomic E-state index is 12.1. The first-order chi connectivity index (χ1) is 15.8. The van der Waals surface area contributed by atoms with Crippen LogP contribution in [0.2, 0.25) is 0 Å². The molecule has 0 aliphatic heterocycles. The molecule has 0 bridgehead atoms. The number of hydrogen-bond donors (Lipinski definition) is 6. The van der Waals surface area contributed by atoms with Crippen molar-refractivity contribution in [3.8, 4) is 0 Å². The van der Waals surface area contributed by atoms with Gasteiger partial charge in [-0.25, -0.2) is 0 Å². The SMILES string of the molecule is NCCCCCCCCCCCC(=O)O[C@@H]1[C@H](O)[C@H](O)[C@@H](OP(=O)([O-])O)[C@H](OP(=O)([O-])O)[C@H]1O.[Na+].[Na+]. The topological polar surface area (TPSA) is 252 Å². The van der Waals surface area contributed by atoms with Crippen molar-refractivity contribution >= 4 is 21.6 Å². The Bertz CT molecular complexity index is 710. The molecule has 0 aromatic carbocycles. The van der Waals surface area contributed by atoms with Crippen molar-refractivity contribution in [2.24, 2.45) is 5.73 Å². The predicted octanol–water partition coefficient (Wildman–Crippen LogP) is -7.45. The number of carbonyl (C=O) groups is 1. The fourth-order valence-corrected chi connectivity index (χ4v) is 4.82. The van der Waals surface area contributed by atoms with Gasteiger partial charge >= 0.3 is 65.1 Å². The number of nitrogens with two attached hydrogens (primary N) is 1. The molecule has 1 rings (SSSR count). The normalized spacial score (nSPS) is 29.2. The minimum atomic E-state index is -5.62. The summed E-state index contributed by atoms with van der Waals surface area (Å²) in [5, 5.41) is 30.6. The van der Waals surface area contributed by atoms with Crippen LogP contribution in [0.15, 0.2) is 0 Å². The van der Waals surface area contributed by atoms with E-state index >= 15 is 0 Å². The molecule has 1 aliphatic rings. The van der Waals surface area contributed by atoms with E-state index < -0.39 is 58.2 Å². The molecule has 7 N–H and O–H groups in total. The smallest absolute Gasteiger partial charge is 0.756 e.